The molecule has 8 heteroatoms. The van der Waals surface area contributed by atoms with Crippen molar-refractivity contribution in [2.75, 3.05) is 27.9 Å². The van der Waals surface area contributed by atoms with Gasteiger partial charge < -0.3 is 14.2 Å². The minimum absolute atomic E-state index is 0.0735. The van der Waals surface area contributed by atoms with Crippen LogP contribution in [-0.4, -0.2) is 43.8 Å². The number of hydrogen-bond donors (Lipinski definition) is 0. The van der Waals surface area contributed by atoms with E-state index in [1.807, 2.05) is 49.4 Å². The van der Waals surface area contributed by atoms with Crippen LogP contribution < -0.4 is 14.2 Å². The van der Waals surface area contributed by atoms with Gasteiger partial charge in [0, 0.05) is 6.54 Å². The zero-order valence-electron chi connectivity index (χ0n) is 16.6. The first-order valence-electron chi connectivity index (χ1n) is 8.86. The van der Waals surface area contributed by atoms with E-state index >= 15 is 0 Å². The highest BCUT2D eigenvalue weighted by Gasteiger charge is 2.32. The predicted octanol–water partition coefficient (Wildman–Crippen LogP) is 5.10. The Morgan fingerprint density at radius 3 is 2.41 bits per heavy atom. The SMILES string of the molecule is CCN1C(=O)/C(=C/c2cc(Br)c(OC)c(OC)c2)SC1=Nc1ccc(OC)cc1. The van der Waals surface area contributed by atoms with Gasteiger partial charge in [0.05, 0.1) is 36.4 Å². The van der Waals surface area contributed by atoms with Gasteiger partial charge in [0.1, 0.15) is 5.75 Å². The molecule has 0 radical (unpaired) electrons. The zero-order valence-corrected chi connectivity index (χ0v) is 19.0. The van der Waals surface area contributed by atoms with Crippen molar-refractivity contribution in [3.8, 4) is 17.2 Å². The number of methoxy groups -OCH3 is 3. The summed E-state index contributed by atoms with van der Waals surface area (Å²) in [5, 5.41) is 0.647. The molecule has 152 valence electrons. The third kappa shape index (κ3) is 4.59. The van der Waals surface area contributed by atoms with Gasteiger partial charge in [-0.25, -0.2) is 4.99 Å². The summed E-state index contributed by atoms with van der Waals surface area (Å²) in [7, 11) is 4.78. The smallest absolute Gasteiger partial charge is 0.266 e. The van der Waals surface area contributed by atoms with Crippen molar-refractivity contribution in [2.24, 2.45) is 4.99 Å². The minimum atomic E-state index is -0.0735. The monoisotopic (exact) mass is 476 g/mol. The lowest BCUT2D eigenvalue weighted by Crippen LogP contribution is -2.28. The van der Waals surface area contributed by atoms with E-state index in [1.165, 1.54) is 11.8 Å². The van der Waals surface area contributed by atoms with Crippen LogP contribution in [0.5, 0.6) is 17.2 Å². The lowest BCUT2D eigenvalue weighted by atomic mass is 10.2. The van der Waals surface area contributed by atoms with Gasteiger partial charge in [-0.2, -0.15) is 0 Å². The van der Waals surface area contributed by atoms with Gasteiger partial charge in [-0.05, 0) is 82.7 Å². The van der Waals surface area contributed by atoms with Gasteiger partial charge in [-0.1, -0.05) is 0 Å². The van der Waals surface area contributed by atoms with Crippen LogP contribution in [0.25, 0.3) is 6.08 Å². The molecule has 1 aliphatic rings. The lowest BCUT2D eigenvalue weighted by molar-refractivity contribution is -0.122. The molecule has 1 aliphatic heterocycles. The van der Waals surface area contributed by atoms with Gasteiger partial charge >= 0.3 is 0 Å². The molecule has 6 nitrogen and oxygen atoms in total. The Balaban J connectivity index is 1.94. The molecule has 1 fully saturated rings. The molecular formula is C21H21BrN2O4S. The Kier molecular flexibility index (Phi) is 6.87. The number of ether oxygens (including phenoxy) is 3. The van der Waals surface area contributed by atoms with Crippen LogP contribution in [-0.2, 0) is 4.79 Å². The number of amides is 1. The summed E-state index contributed by atoms with van der Waals surface area (Å²) in [6, 6.07) is 11.1. The van der Waals surface area contributed by atoms with Crippen molar-refractivity contribution in [2.45, 2.75) is 6.92 Å². The largest absolute Gasteiger partial charge is 0.497 e. The maximum atomic E-state index is 12.9. The van der Waals surface area contributed by atoms with Crippen molar-refractivity contribution >= 4 is 50.5 Å². The number of carbonyl (C=O) groups excluding carboxylic acids is 1. The molecule has 1 saturated heterocycles. The third-order valence-electron chi connectivity index (χ3n) is 4.26. The Morgan fingerprint density at radius 1 is 1.10 bits per heavy atom. The van der Waals surface area contributed by atoms with Crippen LogP contribution in [0.1, 0.15) is 12.5 Å². The molecule has 0 saturated carbocycles. The fourth-order valence-corrected chi connectivity index (χ4v) is 4.49. The molecule has 1 heterocycles. The highest BCUT2D eigenvalue weighted by atomic mass is 79.9. The van der Waals surface area contributed by atoms with Crippen LogP contribution in [0.15, 0.2) is 50.8 Å². The van der Waals surface area contributed by atoms with Crippen LogP contribution in [0.2, 0.25) is 0 Å². The average molecular weight is 477 g/mol. The molecule has 1 amide bonds. The van der Waals surface area contributed by atoms with Crippen molar-refractivity contribution in [3.05, 3.63) is 51.3 Å². The lowest BCUT2D eigenvalue weighted by Gasteiger charge is -2.12. The summed E-state index contributed by atoms with van der Waals surface area (Å²) in [5.41, 5.74) is 1.58. The van der Waals surface area contributed by atoms with Gasteiger partial charge in [-0.3, -0.25) is 9.69 Å². The molecule has 0 aromatic heterocycles. The van der Waals surface area contributed by atoms with E-state index in [0.29, 0.717) is 28.1 Å². The molecule has 2 aromatic carbocycles. The minimum Gasteiger partial charge on any atom is -0.497 e. The summed E-state index contributed by atoms with van der Waals surface area (Å²) >= 11 is 4.84. The third-order valence-corrected chi connectivity index (χ3v) is 5.85. The van der Waals surface area contributed by atoms with Gasteiger partial charge in [0.25, 0.3) is 5.91 Å². The quantitative estimate of drug-likeness (QED) is 0.542. The summed E-state index contributed by atoms with van der Waals surface area (Å²) in [5.74, 6) is 1.88. The molecule has 2 aromatic rings. The van der Waals surface area contributed by atoms with Gasteiger partial charge in [0.2, 0.25) is 0 Å². The maximum absolute atomic E-state index is 12.9. The molecule has 0 bridgehead atoms. The summed E-state index contributed by atoms with van der Waals surface area (Å²) in [4.78, 5) is 19.8. The summed E-state index contributed by atoms with van der Waals surface area (Å²) in [6.45, 7) is 2.46. The number of aliphatic imine (C=N–C) groups is 1. The predicted molar refractivity (Wildman–Crippen MR) is 120 cm³/mol. The Hall–Kier alpha value is -2.45. The molecule has 0 spiro atoms. The van der Waals surface area contributed by atoms with Gasteiger partial charge in [0.15, 0.2) is 16.7 Å². The van der Waals surface area contributed by atoms with E-state index in [9.17, 15) is 4.79 Å². The maximum Gasteiger partial charge on any atom is 0.266 e. The van der Waals surface area contributed by atoms with Crippen molar-refractivity contribution in [1.29, 1.82) is 0 Å². The van der Waals surface area contributed by atoms with E-state index < -0.39 is 0 Å². The van der Waals surface area contributed by atoms with Crippen molar-refractivity contribution in [3.63, 3.8) is 0 Å². The fraction of sp³-hybridized carbons (Fsp3) is 0.238. The number of benzene rings is 2. The second-order valence-corrected chi connectivity index (χ2v) is 7.85. The van der Waals surface area contributed by atoms with E-state index in [2.05, 4.69) is 20.9 Å². The first-order valence-corrected chi connectivity index (χ1v) is 10.5. The highest BCUT2D eigenvalue weighted by molar-refractivity contribution is 9.10. The molecular weight excluding hydrogens is 456 g/mol. The zero-order chi connectivity index (χ0) is 21.0. The van der Waals surface area contributed by atoms with E-state index in [-0.39, 0.29) is 5.91 Å². The second kappa shape index (κ2) is 9.37. The normalized spacial score (nSPS) is 16.6. The fourth-order valence-electron chi connectivity index (χ4n) is 2.81. The van der Waals surface area contributed by atoms with Crippen molar-refractivity contribution < 1.29 is 19.0 Å². The standard InChI is InChI=1S/C21H21BrN2O4S/c1-5-24-20(25)18(12-13-10-16(22)19(28-4)17(11-13)27-3)29-21(24)23-14-6-8-15(26-2)9-7-14/h6-12H,5H2,1-4H3/b18-12-,23-21?. The Morgan fingerprint density at radius 2 is 1.83 bits per heavy atom. The van der Waals surface area contributed by atoms with E-state index in [1.54, 1.807) is 26.2 Å². The number of nitrogens with zero attached hydrogens (tertiary/aromatic N) is 2. The number of halogens is 1. The molecule has 29 heavy (non-hydrogen) atoms. The number of rotatable bonds is 6. The highest BCUT2D eigenvalue weighted by Crippen LogP contribution is 2.39. The van der Waals surface area contributed by atoms with E-state index in [4.69, 9.17) is 14.2 Å². The summed E-state index contributed by atoms with van der Waals surface area (Å²) in [6.07, 6.45) is 1.83. The number of carbonyl (C=O) groups is 1. The van der Waals surface area contributed by atoms with Crippen LogP contribution >= 0.6 is 27.7 Å². The number of amidine groups is 1. The van der Waals surface area contributed by atoms with Crippen LogP contribution in [0.3, 0.4) is 0 Å². The molecule has 0 N–H and O–H groups in total. The number of thioether (sulfide) groups is 1. The number of hydrogen-bond acceptors (Lipinski definition) is 6. The topological polar surface area (TPSA) is 60.4 Å². The summed E-state index contributed by atoms with van der Waals surface area (Å²) < 4.78 is 16.7. The first kappa shape index (κ1) is 21.3. The average Bonchev–Trinajstić information content (AvgIpc) is 3.02. The molecule has 0 aliphatic carbocycles. The Bertz CT molecular complexity index is 973. The van der Waals surface area contributed by atoms with Gasteiger partial charge in [-0.15, -0.1) is 0 Å². The molecule has 0 atom stereocenters. The van der Waals surface area contributed by atoms with Crippen molar-refractivity contribution in [1.82, 2.24) is 4.90 Å². The second-order valence-electron chi connectivity index (χ2n) is 5.99. The van der Waals surface area contributed by atoms with Crippen LogP contribution in [0, 0.1) is 0 Å². The molecule has 3 rings (SSSR count). The first-order chi connectivity index (χ1) is 14.0. The molecule has 0 unspecified atom stereocenters. The van der Waals surface area contributed by atoms with Crippen LogP contribution in [0.4, 0.5) is 5.69 Å². The number of likely N-dealkylation sites (N-methyl/N-ethyl adjacent to an activating group) is 1. The van der Waals surface area contributed by atoms with E-state index in [0.717, 1.165) is 21.5 Å². The Labute approximate surface area is 182 Å².